The standard InChI is InChI=1S/C14H18N2O4S/c17-10-16-12(14(19)20)8-21-9-13(18)15-7-6-11-4-2-1-3-5-11/h1-5,10,12H,6-9H2,(H,15,18)(H,16,17)(H,19,20). The van der Waals surface area contributed by atoms with Crippen molar-refractivity contribution in [1.29, 1.82) is 0 Å². The number of rotatable bonds is 10. The maximum absolute atomic E-state index is 11.6. The molecule has 0 spiro atoms. The van der Waals surface area contributed by atoms with Gasteiger partial charge in [-0.1, -0.05) is 30.3 Å². The van der Waals surface area contributed by atoms with E-state index in [2.05, 4.69) is 10.6 Å². The molecule has 0 aromatic heterocycles. The molecule has 1 unspecified atom stereocenters. The second-order valence-corrected chi connectivity index (χ2v) is 5.31. The normalized spacial score (nSPS) is 11.4. The Morgan fingerprint density at radius 2 is 2.00 bits per heavy atom. The molecule has 0 aliphatic heterocycles. The molecule has 114 valence electrons. The largest absolute Gasteiger partial charge is 0.480 e. The van der Waals surface area contributed by atoms with Crippen LogP contribution in [0.5, 0.6) is 0 Å². The third-order valence-electron chi connectivity index (χ3n) is 2.66. The molecule has 21 heavy (non-hydrogen) atoms. The highest BCUT2D eigenvalue weighted by Gasteiger charge is 2.16. The van der Waals surface area contributed by atoms with E-state index < -0.39 is 12.0 Å². The van der Waals surface area contributed by atoms with Crippen LogP contribution in [0, 0.1) is 0 Å². The van der Waals surface area contributed by atoms with Gasteiger partial charge in [-0.05, 0) is 12.0 Å². The van der Waals surface area contributed by atoms with Gasteiger partial charge >= 0.3 is 5.97 Å². The lowest BCUT2D eigenvalue weighted by Gasteiger charge is -2.10. The third-order valence-corrected chi connectivity index (χ3v) is 3.70. The molecule has 0 aliphatic rings. The van der Waals surface area contributed by atoms with Gasteiger partial charge in [0.15, 0.2) is 0 Å². The molecule has 1 aromatic rings. The van der Waals surface area contributed by atoms with Crippen LogP contribution < -0.4 is 10.6 Å². The van der Waals surface area contributed by atoms with E-state index in [4.69, 9.17) is 5.11 Å². The molecule has 0 saturated carbocycles. The van der Waals surface area contributed by atoms with Gasteiger partial charge in [0.2, 0.25) is 12.3 Å². The van der Waals surface area contributed by atoms with Crippen molar-refractivity contribution in [1.82, 2.24) is 10.6 Å². The van der Waals surface area contributed by atoms with Crippen molar-refractivity contribution in [2.45, 2.75) is 12.5 Å². The number of hydrogen-bond donors (Lipinski definition) is 3. The van der Waals surface area contributed by atoms with Gasteiger partial charge in [0.25, 0.3) is 0 Å². The molecule has 1 atom stereocenters. The Balaban J connectivity index is 2.16. The summed E-state index contributed by atoms with van der Waals surface area (Å²) >= 11 is 1.17. The lowest BCUT2D eigenvalue weighted by molar-refractivity contribution is -0.139. The van der Waals surface area contributed by atoms with E-state index in [1.54, 1.807) is 0 Å². The summed E-state index contributed by atoms with van der Waals surface area (Å²) in [6.07, 6.45) is 1.10. The van der Waals surface area contributed by atoms with Gasteiger partial charge in [0.05, 0.1) is 5.75 Å². The van der Waals surface area contributed by atoms with Crippen LogP contribution in [0.25, 0.3) is 0 Å². The average molecular weight is 310 g/mol. The molecule has 6 nitrogen and oxygen atoms in total. The summed E-state index contributed by atoms with van der Waals surface area (Å²) in [5, 5.41) is 13.8. The fraction of sp³-hybridized carbons (Fsp3) is 0.357. The highest BCUT2D eigenvalue weighted by Crippen LogP contribution is 2.03. The number of amides is 2. The summed E-state index contributed by atoms with van der Waals surface area (Å²) in [4.78, 5) is 32.6. The first-order valence-corrected chi connectivity index (χ1v) is 7.60. The van der Waals surface area contributed by atoms with Crippen LogP contribution in [0.15, 0.2) is 30.3 Å². The fourth-order valence-electron chi connectivity index (χ4n) is 1.58. The van der Waals surface area contributed by atoms with E-state index in [0.717, 1.165) is 12.0 Å². The van der Waals surface area contributed by atoms with Crippen LogP contribution in [0.2, 0.25) is 0 Å². The van der Waals surface area contributed by atoms with Crippen LogP contribution in [0.3, 0.4) is 0 Å². The minimum Gasteiger partial charge on any atom is -0.480 e. The Kier molecular flexibility index (Phi) is 7.96. The molecule has 3 N–H and O–H groups in total. The Bertz CT molecular complexity index is 467. The van der Waals surface area contributed by atoms with Crippen LogP contribution in [-0.2, 0) is 20.8 Å². The summed E-state index contributed by atoms with van der Waals surface area (Å²) in [6.45, 7) is 0.540. The average Bonchev–Trinajstić information content (AvgIpc) is 2.47. The molecule has 0 bridgehead atoms. The van der Waals surface area contributed by atoms with Crippen molar-refractivity contribution in [3.8, 4) is 0 Å². The van der Waals surface area contributed by atoms with Gasteiger partial charge in [0, 0.05) is 12.3 Å². The number of carbonyl (C=O) groups is 3. The summed E-state index contributed by atoms with van der Waals surface area (Å²) in [7, 11) is 0. The van der Waals surface area contributed by atoms with Crippen molar-refractivity contribution in [2.75, 3.05) is 18.1 Å². The molecular formula is C14H18N2O4S. The van der Waals surface area contributed by atoms with Crippen molar-refractivity contribution in [3.05, 3.63) is 35.9 Å². The van der Waals surface area contributed by atoms with E-state index in [0.29, 0.717) is 13.0 Å². The zero-order valence-electron chi connectivity index (χ0n) is 11.5. The van der Waals surface area contributed by atoms with E-state index >= 15 is 0 Å². The van der Waals surface area contributed by atoms with E-state index in [1.807, 2.05) is 30.3 Å². The summed E-state index contributed by atoms with van der Waals surface area (Å²) < 4.78 is 0. The molecule has 0 saturated heterocycles. The van der Waals surface area contributed by atoms with E-state index in [1.165, 1.54) is 11.8 Å². The van der Waals surface area contributed by atoms with Crippen molar-refractivity contribution >= 4 is 30.0 Å². The highest BCUT2D eigenvalue weighted by molar-refractivity contribution is 8.00. The maximum atomic E-state index is 11.6. The summed E-state index contributed by atoms with van der Waals surface area (Å²) in [5.41, 5.74) is 1.14. The van der Waals surface area contributed by atoms with Crippen LogP contribution >= 0.6 is 11.8 Å². The van der Waals surface area contributed by atoms with Gasteiger partial charge in [0.1, 0.15) is 6.04 Å². The van der Waals surface area contributed by atoms with Crippen molar-refractivity contribution < 1.29 is 19.5 Å². The zero-order valence-corrected chi connectivity index (χ0v) is 12.3. The second kappa shape index (κ2) is 9.82. The van der Waals surface area contributed by atoms with Crippen LogP contribution in [-0.4, -0.2) is 47.5 Å². The maximum Gasteiger partial charge on any atom is 0.327 e. The highest BCUT2D eigenvalue weighted by atomic mass is 32.2. The van der Waals surface area contributed by atoms with Crippen molar-refractivity contribution in [2.24, 2.45) is 0 Å². The van der Waals surface area contributed by atoms with Gasteiger partial charge in [-0.2, -0.15) is 0 Å². The van der Waals surface area contributed by atoms with Crippen LogP contribution in [0.1, 0.15) is 5.56 Å². The number of carboxylic acids is 1. The monoisotopic (exact) mass is 310 g/mol. The van der Waals surface area contributed by atoms with E-state index in [-0.39, 0.29) is 17.4 Å². The van der Waals surface area contributed by atoms with Gasteiger partial charge in [-0.3, -0.25) is 9.59 Å². The predicted molar refractivity (Wildman–Crippen MR) is 81.1 cm³/mol. The number of carboxylic acid groups (broad SMARTS) is 1. The molecule has 0 aliphatic carbocycles. The third kappa shape index (κ3) is 7.36. The summed E-state index contributed by atoms with van der Waals surface area (Å²) in [5.74, 6) is -0.940. The van der Waals surface area contributed by atoms with Gasteiger partial charge in [-0.15, -0.1) is 11.8 Å². The first-order chi connectivity index (χ1) is 10.1. The first-order valence-electron chi connectivity index (χ1n) is 6.44. The molecule has 1 rings (SSSR count). The topological polar surface area (TPSA) is 95.5 Å². The lowest BCUT2D eigenvalue weighted by atomic mass is 10.1. The molecule has 0 fully saturated rings. The van der Waals surface area contributed by atoms with Crippen molar-refractivity contribution in [3.63, 3.8) is 0 Å². The number of hydrogen-bond acceptors (Lipinski definition) is 4. The SMILES string of the molecule is O=CNC(CSCC(=O)NCCc1ccccc1)C(=O)O. The Labute approximate surface area is 127 Å². The van der Waals surface area contributed by atoms with Gasteiger partial charge in [-0.25, -0.2) is 4.79 Å². The molecule has 7 heteroatoms. The fourth-order valence-corrected chi connectivity index (χ4v) is 2.46. The number of nitrogens with one attached hydrogen (secondary N) is 2. The minimum absolute atomic E-state index is 0.147. The van der Waals surface area contributed by atoms with Gasteiger partial charge < -0.3 is 15.7 Å². The van der Waals surface area contributed by atoms with Crippen LogP contribution in [0.4, 0.5) is 0 Å². The smallest absolute Gasteiger partial charge is 0.327 e. The molecule has 1 aromatic carbocycles. The minimum atomic E-state index is -1.11. The Morgan fingerprint density at radius 3 is 2.62 bits per heavy atom. The quantitative estimate of drug-likeness (QED) is 0.539. The molecular weight excluding hydrogens is 292 g/mol. The number of thioether (sulfide) groups is 1. The zero-order chi connectivity index (χ0) is 15.5. The number of carbonyl (C=O) groups excluding carboxylic acids is 2. The molecule has 0 heterocycles. The first kappa shape index (κ1) is 17.0. The molecule has 0 radical (unpaired) electrons. The Morgan fingerprint density at radius 1 is 1.29 bits per heavy atom. The summed E-state index contributed by atoms with van der Waals surface area (Å²) in [6, 6.07) is 8.83. The van der Waals surface area contributed by atoms with E-state index in [9.17, 15) is 14.4 Å². The Hall–Kier alpha value is -2.02. The molecule has 2 amide bonds. The lowest BCUT2D eigenvalue weighted by Crippen LogP contribution is -2.38. The predicted octanol–water partition coefficient (Wildman–Crippen LogP) is 0.278. The second-order valence-electron chi connectivity index (χ2n) is 4.28. The number of aliphatic carboxylic acids is 1. The number of benzene rings is 1.